The van der Waals surface area contributed by atoms with Crippen LogP contribution in [0, 0.1) is 11.8 Å². The van der Waals surface area contributed by atoms with E-state index in [0.717, 1.165) is 44.0 Å². The maximum atomic E-state index is 13.2. The summed E-state index contributed by atoms with van der Waals surface area (Å²) in [5, 5.41) is 3.25. The molecule has 29 heavy (non-hydrogen) atoms. The molecule has 3 aliphatic rings. The average Bonchev–Trinajstić information content (AvgIpc) is 3.61. The Bertz CT molecular complexity index is 895. The number of carbonyl (C=O) groups excluding carboxylic acids is 1. The monoisotopic (exact) mass is 391 g/mol. The van der Waals surface area contributed by atoms with E-state index >= 15 is 0 Å². The van der Waals surface area contributed by atoms with Crippen LogP contribution in [0.2, 0.25) is 0 Å². The van der Waals surface area contributed by atoms with Gasteiger partial charge in [0.05, 0.1) is 24.8 Å². The summed E-state index contributed by atoms with van der Waals surface area (Å²) in [6, 6.07) is 16.9. The summed E-state index contributed by atoms with van der Waals surface area (Å²) >= 11 is 0. The molecule has 0 bridgehead atoms. The van der Waals surface area contributed by atoms with Crippen LogP contribution in [0.1, 0.15) is 18.4 Å². The highest BCUT2D eigenvalue weighted by atomic mass is 16.5. The topological polar surface area (TPSA) is 44.8 Å². The number of ether oxygens (including phenoxy) is 1. The fourth-order valence-electron chi connectivity index (χ4n) is 4.87. The van der Waals surface area contributed by atoms with Crippen LogP contribution in [0.3, 0.4) is 0 Å². The molecule has 2 aliphatic heterocycles. The van der Waals surface area contributed by atoms with E-state index in [9.17, 15) is 4.79 Å². The lowest BCUT2D eigenvalue weighted by atomic mass is 9.83. The van der Waals surface area contributed by atoms with Gasteiger partial charge in [-0.25, -0.2) is 0 Å². The third-order valence-electron chi connectivity index (χ3n) is 6.65. The fraction of sp³-hybridized carbons (Fsp3) is 0.458. The lowest BCUT2D eigenvalue weighted by molar-refractivity contribution is -0.125. The largest absolute Gasteiger partial charge is 0.495 e. The van der Waals surface area contributed by atoms with Crippen LogP contribution < -0.4 is 19.9 Å². The van der Waals surface area contributed by atoms with Crippen molar-refractivity contribution in [1.82, 2.24) is 5.32 Å². The first kappa shape index (κ1) is 18.3. The van der Waals surface area contributed by atoms with Crippen molar-refractivity contribution in [3.05, 3.63) is 54.1 Å². The summed E-state index contributed by atoms with van der Waals surface area (Å²) in [4.78, 5) is 18.0. The molecule has 2 unspecified atom stereocenters. The van der Waals surface area contributed by atoms with Crippen LogP contribution in [-0.4, -0.2) is 45.2 Å². The molecular weight excluding hydrogens is 362 g/mol. The van der Waals surface area contributed by atoms with E-state index < -0.39 is 0 Å². The van der Waals surface area contributed by atoms with Crippen molar-refractivity contribution < 1.29 is 9.53 Å². The number of carbonyl (C=O) groups is 1. The zero-order chi connectivity index (χ0) is 19.8. The smallest absolute Gasteiger partial charge is 0.225 e. The number of benzene rings is 2. The Kier molecular flexibility index (Phi) is 4.82. The molecule has 2 aromatic rings. The first-order valence-electron chi connectivity index (χ1n) is 10.7. The Morgan fingerprint density at radius 1 is 1.07 bits per heavy atom. The minimum absolute atomic E-state index is 0.0267. The van der Waals surface area contributed by atoms with Gasteiger partial charge in [0.25, 0.3) is 0 Å². The summed E-state index contributed by atoms with van der Waals surface area (Å²) in [6.45, 7) is 3.49. The van der Waals surface area contributed by atoms with Gasteiger partial charge < -0.3 is 19.9 Å². The Hall–Kier alpha value is -2.69. The van der Waals surface area contributed by atoms with E-state index in [4.69, 9.17) is 4.74 Å². The average molecular weight is 392 g/mol. The number of amides is 1. The van der Waals surface area contributed by atoms with Crippen LogP contribution >= 0.6 is 0 Å². The zero-order valence-corrected chi connectivity index (χ0v) is 17.0. The quantitative estimate of drug-likeness (QED) is 0.851. The molecule has 0 aromatic heterocycles. The van der Waals surface area contributed by atoms with Gasteiger partial charge in [0.1, 0.15) is 5.75 Å². The predicted molar refractivity (Wildman–Crippen MR) is 116 cm³/mol. The molecule has 0 spiro atoms. The van der Waals surface area contributed by atoms with Gasteiger partial charge in [-0.1, -0.05) is 30.3 Å². The number of hydrogen-bond donors (Lipinski definition) is 1. The first-order chi connectivity index (χ1) is 14.2. The summed E-state index contributed by atoms with van der Waals surface area (Å²) in [7, 11) is 1.72. The number of nitrogens with one attached hydrogen (secondary N) is 1. The lowest BCUT2D eigenvalue weighted by Gasteiger charge is -2.49. The van der Waals surface area contributed by atoms with Crippen molar-refractivity contribution in [3.63, 3.8) is 0 Å². The van der Waals surface area contributed by atoms with Crippen LogP contribution in [0.4, 0.5) is 11.4 Å². The molecule has 5 heteroatoms. The fourth-order valence-corrected chi connectivity index (χ4v) is 4.87. The molecule has 152 valence electrons. The van der Waals surface area contributed by atoms with Crippen molar-refractivity contribution in [2.45, 2.75) is 25.3 Å². The Balaban J connectivity index is 1.43. The normalized spacial score (nSPS) is 23.2. The van der Waals surface area contributed by atoms with E-state index in [1.807, 2.05) is 12.1 Å². The molecule has 1 aliphatic carbocycles. The van der Waals surface area contributed by atoms with E-state index in [1.165, 1.54) is 24.1 Å². The Labute approximate surface area is 172 Å². The summed E-state index contributed by atoms with van der Waals surface area (Å²) < 4.78 is 5.60. The third kappa shape index (κ3) is 3.54. The molecule has 2 aromatic carbocycles. The van der Waals surface area contributed by atoms with Gasteiger partial charge in [0.15, 0.2) is 0 Å². The number of hydrogen-bond acceptors (Lipinski definition) is 4. The number of piperazine rings is 1. The summed E-state index contributed by atoms with van der Waals surface area (Å²) in [5.74, 6) is 1.78. The molecule has 5 nitrogen and oxygen atoms in total. The van der Waals surface area contributed by atoms with Crippen LogP contribution in [0.15, 0.2) is 48.5 Å². The maximum Gasteiger partial charge on any atom is 0.225 e. The zero-order valence-electron chi connectivity index (χ0n) is 17.0. The molecule has 1 saturated heterocycles. The van der Waals surface area contributed by atoms with Crippen molar-refractivity contribution in [2.75, 3.05) is 43.1 Å². The van der Waals surface area contributed by atoms with Gasteiger partial charge in [-0.3, -0.25) is 4.79 Å². The highest BCUT2D eigenvalue weighted by Crippen LogP contribution is 2.38. The van der Waals surface area contributed by atoms with Crippen molar-refractivity contribution in [1.29, 1.82) is 0 Å². The van der Waals surface area contributed by atoms with Gasteiger partial charge in [0.2, 0.25) is 5.91 Å². The highest BCUT2D eigenvalue weighted by molar-refractivity contribution is 5.82. The second-order valence-electron chi connectivity index (χ2n) is 8.51. The predicted octanol–water partition coefficient (Wildman–Crippen LogP) is 3.09. The minimum atomic E-state index is -0.0267. The molecule has 2 heterocycles. The second-order valence-corrected chi connectivity index (χ2v) is 8.51. The molecule has 1 saturated carbocycles. The van der Waals surface area contributed by atoms with Gasteiger partial charge >= 0.3 is 0 Å². The van der Waals surface area contributed by atoms with Crippen molar-refractivity contribution >= 4 is 17.3 Å². The second kappa shape index (κ2) is 7.62. The van der Waals surface area contributed by atoms with Gasteiger partial charge in [0, 0.05) is 31.9 Å². The minimum Gasteiger partial charge on any atom is -0.495 e. The first-order valence-corrected chi connectivity index (χ1v) is 10.7. The number of rotatable bonds is 5. The maximum absolute atomic E-state index is 13.2. The SMILES string of the molecule is COc1ccccc1N1CCN2c3ccccc3CC(C(=O)NCC3CC3)C2C1. The van der Waals surface area contributed by atoms with E-state index in [2.05, 4.69) is 51.5 Å². The van der Waals surface area contributed by atoms with E-state index in [-0.39, 0.29) is 17.9 Å². The highest BCUT2D eigenvalue weighted by Gasteiger charge is 2.42. The number of anilines is 2. The van der Waals surface area contributed by atoms with Crippen molar-refractivity contribution in [2.24, 2.45) is 11.8 Å². The van der Waals surface area contributed by atoms with E-state index in [0.29, 0.717) is 5.92 Å². The number of para-hydroxylation sites is 3. The summed E-state index contributed by atoms with van der Waals surface area (Å²) in [5.41, 5.74) is 3.70. The number of nitrogens with zero attached hydrogens (tertiary/aromatic N) is 2. The molecule has 1 amide bonds. The Morgan fingerprint density at radius 3 is 2.62 bits per heavy atom. The molecule has 0 radical (unpaired) electrons. The van der Waals surface area contributed by atoms with Crippen molar-refractivity contribution in [3.8, 4) is 5.75 Å². The summed E-state index contributed by atoms with van der Waals surface area (Å²) in [6.07, 6.45) is 3.32. The van der Waals surface area contributed by atoms with E-state index in [1.54, 1.807) is 7.11 Å². The van der Waals surface area contributed by atoms with Crippen LogP contribution in [0.25, 0.3) is 0 Å². The van der Waals surface area contributed by atoms with Gasteiger partial charge in [-0.05, 0) is 48.9 Å². The molecule has 5 rings (SSSR count). The standard InChI is InChI=1S/C24H29N3O2/c1-29-23-9-5-4-8-21(23)26-12-13-27-20-7-3-2-6-18(20)14-19(22(27)16-26)24(28)25-15-17-10-11-17/h2-9,17,19,22H,10-16H2,1H3,(H,25,28). The van der Waals surface area contributed by atoms with Crippen LogP contribution in [-0.2, 0) is 11.2 Å². The Morgan fingerprint density at radius 2 is 1.83 bits per heavy atom. The third-order valence-corrected chi connectivity index (χ3v) is 6.65. The molecule has 1 N–H and O–H groups in total. The number of methoxy groups -OCH3 is 1. The van der Waals surface area contributed by atoms with Gasteiger partial charge in [-0.2, -0.15) is 0 Å². The number of fused-ring (bicyclic) bond motifs is 3. The molecule has 2 fully saturated rings. The van der Waals surface area contributed by atoms with Crippen LogP contribution in [0.5, 0.6) is 5.75 Å². The molecular formula is C24H29N3O2. The van der Waals surface area contributed by atoms with Gasteiger partial charge in [-0.15, -0.1) is 0 Å². The molecule has 2 atom stereocenters. The lowest BCUT2D eigenvalue weighted by Crippen LogP contribution is -2.61.